The van der Waals surface area contributed by atoms with Crippen molar-refractivity contribution in [1.82, 2.24) is 4.90 Å². The average Bonchev–Trinajstić information content (AvgIpc) is 2.44. The zero-order chi connectivity index (χ0) is 15.4. The summed E-state index contributed by atoms with van der Waals surface area (Å²) in [6.45, 7) is 1.45. The molecule has 0 saturated heterocycles. The van der Waals surface area contributed by atoms with E-state index in [0.29, 0.717) is 12.2 Å². The predicted molar refractivity (Wildman–Crippen MR) is 77.2 cm³/mol. The fourth-order valence-corrected chi connectivity index (χ4v) is 1.21. The van der Waals surface area contributed by atoms with Gasteiger partial charge in [0.1, 0.15) is 12.0 Å². The quantitative estimate of drug-likeness (QED) is 0.569. The zero-order valence-electron chi connectivity index (χ0n) is 11.9. The number of nitrogens with two attached hydrogens (primary N) is 1. The zero-order valence-corrected chi connectivity index (χ0v) is 11.9. The number of rotatable bonds is 7. The van der Waals surface area contributed by atoms with Crippen LogP contribution >= 0.6 is 0 Å². The molecule has 0 atom stereocenters. The molecule has 0 spiro atoms. The van der Waals surface area contributed by atoms with Crippen molar-refractivity contribution >= 4 is 12.3 Å². The molecule has 0 amide bonds. The number of aliphatic carboxylic acids is 1. The van der Waals surface area contributed by atoms with Gasteiger partial charge in [0.2, 0.25) is 0 Å². The van der Waals surface area contributed by atoms with Crippen LogP contribution in [0.4, 0.5) is 0 Å². The van der Waals surface area contributed by atoms with Gasteiger partial charge < -0.3 is 20.5 Å². The van der Waals surface area contributed by atoms with Crippen molar-refractivity contribution in [2.24, 2.45) is 5.73 Å². The fourth-order valence-electron chi connectivity index (χ4n) is 1.21. The van der Waals surface area contributed by atoms with E-state index in [1.807, 2.05) is 26.2 Å². The Bertz CT molecular complexity index is 391. The van der Waals surface area contributed by atoms with Gasteiger partial charge in [-0.1, -0.05) is 0 Å². The van der Waals surface area contributed by atoms with Gasteiger partial charge >= 0.3 is 5.97 Å². The molecule has 0 bridgehead atoms. The summed E-state index contributed by atoms with van der Waals surface area (Å²) in [6, 6.07) is 7.15. The Balaban J connectivity index is 0.000000621. The van der Waals surface area contributed by atoms with Crippen LogP contribution in [0.5, 0.6) is 5.75 Å². The van der Waals surface area contributed by atoms with Gasteiger partial charge in [0.15, 0.2) is 0 Å². The van der Waals surface area contributed by atoms with Crippen molar-refractivity contribution in [3.63, 3.8) is 0 Å². The molecule has 0 saturated carbocycles. The summed E-state index contributed by atoms with van der Waals surface area (Å²) in [4.78, 5) is 21.8. The number of benzene rings is 1. The number of carboxylic acid groups (broad SMARTS) is 1. The third kappa shape index (κ3) is 10.0. The Labute approximate surface area is 119 Å². The lowest BCUT2D eigenvalue weighted by molar-refractivity contribution is -0.135. The van der Waals surface area contributed by atoms with Crippen molar-refractivity contribution in [1.29, 1.82) is 0 Å². The summed E-state index contributed by atoms with van der Waals surface area (Å²) in [5.41, 5.74) is 5.25. The minimum Gasteiger partial charge on any atom is -0.494 e. The first-order valence-electron chi connectivity index (χ1n) is 6.24. The molecule has 3 N–H and O–H groups in total. The Kier molecular flexibility index (Phi) is 9.90. The number of hydrogen-bond donors (Lipinski definition) is 2. The Morgan fingerprint density at radius 2 is 1.90 bits per heavy atom. The van der Waals surface area contributed by atoms with Gasteiger partial charge in [-0.05, 0) is 44.8 Å². The highest BCUT2D eigenvalue weighted by Gasteiger charge is 1.95. The van der Waals surface area contributed by atoms with E-state index in [1.54, 1.807) is 12.1 Å². The highest BCUT2D eigenvalue weighted by molar-refractivity contribution is 5.74. The predicted octanol–water partition coefficient (Wildman–Crippen LogP) is 0.859. The van der Waals surface area contributed by atoms with Gasteiger partial charge in [0, 0.05) is 12.1 Å². The number of carboxylic acids is 1. The van der Waals surface area contributed by atoms with Crippen LogP contribution in [0.1, 0.15) is 16.8 Å². The first kappa shape index (κ1) is 18.1. The fraction of sp³-hybridized carbons (Fsp3) is 0.429. The van der Waals surface area contributed by atoms with Crippen LogP contribution < -0.4 is 10.5 Å². The van der Waals surface area contributed by atoms with E-state index in [2.05, 4.69) is 10.6 Å². The molecule has 1 aromatic rings. The average molecular weight is 282 g/mol. The van der Waals surface area contributed by atoms with Gasteiger partial charge in [-0.15, -0.1) is 0 Å². The number of carbonyl (C=O) groups excluding carboxylic acids is 1. The number of nitrogens with zero attached hydrogens (tertiary/aromatic N) is 1. The molecule has 1 rings (SSSR count). The highest BCUT2D eigenvalue weighted by atomic mass is 16.5. The molecule has 112 valence electrons. The summed E-state index contributed by atoms with van der Waals surface area (Å²) >= 11 is 0. The SMILES string of the molecule is CN(C)CCCOc1ccc(C=O)cc1.NCC(=O)O. The third-order valence-corrected chi connectivity index (χ3v) is 2.21. The minimum absolute atomic E-state index is 0.278. The van der Waals surface area contributed by atoms with Crippen LogP contribution in [0.25, 0.3) is 0 Å². The summed E-state index contributed by atoms with van der Waals surface area (Å²) in [5, 5.41) is 7.60. The molecule has 0 aliphatic heterocycles. The van der Waals surface area contributed by atoms with Crippen LogP contribution in [-0.2, 0) is 4.79 Å². The second-order valence-corrected chi connectivity index (χ2v) is 4.29. The van der Waals surface area contributed by atoms with Crippen LogP contribution in [0.2, 0.25) is 0 Å². The highest BCUT2D eigenvalue weighted by Crippen LogP contribution is 2.11. The van der Waals surface area contributed by atoms with Crippen LogP contribution in [0.3, 0.4) is 0 Å². The van der Waals surface area contributed by atoms with E-state index in [4.69, 9.17) is 9.84 Å². The molecule has 1 aromatic carbocycles. The smallest absolute Gasteiger partial charge is 0.317 e. The van der Waals surface area contributed by atoms with E-state index < -0.39 is 5.97 Å². The Morgan fingerprint density at radius 1 is 1.35 bits per heavy atom. The molecule has 0 fully saturated rings. The second-order valence-electron chi connectivity index (χ2n) is 4.29. The summed E-state index contributed by atoms with van der Waals surface area (Å²) in [5.74, 6) is -0.149. The first-order valence-corrected chi connectivity index (χ1v) is 6.24. The van der Waals surface area contributed by atoms with Crippen molar-refractivity contribution in [2.75, 3.05) is 33.8 Å². The lowest BCUT2D eigenvalue weighted by atomic mass is 10.2. The van der Waals surface area contributed by atoms with Crippen molar-refractivity contribution < 1.29 is 19.4 Å². The lowest BCUT2D eigenvalue weighted by Gasteiger charge is -2.10. The van der Waals surface area contributed by atoms with Gasteiger partial charge in [-0.2, -0.15) is 0 Å². The topological polar surface area (TPSA) is 92.9 Å². The number of ether oxygens (including phenoxy) is 1. The van der Waals surface area contributed by atoms with E-state index in [1.165, 1.54) is 0 Å². The van der Waals surface area contributed by atoms with E-state index in [0.717, 1.165) is 25.0 Å². The first-order chi connectivity index (χ1) is 9.49. The largest absolute Gasteiger partial charge is 0.494 e. The summed E-state index contributed by atoms with van der Waals surface area (Å²) in [6.07, 6.45) is 1.83. The van der Waals surface area contributed by atoms with Crippen LogP contribution in [-0.4, -0.2) is 56.1 Å². The maximum Gasteiger partial charge on any atom is 0.317 e. The summed E-state index contributed by atoms with van der Waals surface area (Å²) < 4.78 is 5.51. The van der Waals surface area contributed by atoms with E-state index >= 15 is 0 Å². The van der Waals surface area contributed by atoms with E-state index in [9.17, 15) is 9.59 Å². The van der Waals surface area contributed by atoms with Crippen molar-refractivity contribution in [3.05, 3.63) is 29.8 Å². The molecule has 0 aliphatic carbocycles. The van der Waals surface area contributed by atoms with Crippen LogP contribution in [0, 0.1) is 0 Å². The normalized spacial score (nSPS) is 9.60. The molecule has 0 aromatic heterocycles. The van der Waals surface area contributed by atoms with Gasteiger partial charge in [0.05, 0.1) is 13.2 Å². The molecular formula is C14H22N2O4. The number of carbonyl (C=O) groups is 2. The summed E-state index contributed by atoms with van der Waals surface area (Å²) in [7, 11) is 4.08. The van der Waals surface area contributed by atoms with Gasteiger partial charge in [0.25, 0.3) is 0 Å². The Hall–Kier alpha value is -1.92. The van der Waals surface area contributed by atoms with Crippen LogP contribution in [0.15, 0.2) is 24.3 Å². The number of aldehydes is 1. The maximum atomic E-state index is 10.4. The van der Waals surface area contributed by atoms with Crippen molar-refractivity contribution in [3.8, 4) is 5.75 Å². The third-order valence-electron chi connectivity index (χ3n) is 2.21. The second kappa shape index (κ2) is 11.0. The minimum atomic E-state index is -0.968. The van der Waals surface area contributed by atoms with E-state index in [-0.39, 0.29) is 6.54 Å². The lowest BCUT2D eigenvalue weighted by Crippen LogP contribution is -2.15. The molecule has 0 heterocycles. The Morgan fingerprint density at radius 3 is 2.30 bits per heavy atom. The van der Waals surface area contributed by atoms with Crippen molar-refractivity contribution in [2.45, 2.75) is 6.42 Å². The van der Waals surface area contributed by atoms with Gasteiger partial charge in [-0.25, -0.2) is 0 Å². The number of hydrogen-bond acceptors (Lipinski definition) is 5. The molecular weight excluding hydrogens is 260 g/mol. The molecule has 20 heavy (non-hydrogen) atoms. The van der Waals surface area contributed by atoms with Gasteiger partial charge in [-0.3, -0.25) is 9.59 Å². The molecule has 0 aliphatic rings. The standard InChI is InChI=1S/C12H17NO2.C2H5NO2/c1-13(2)8-3-9-15-12-6-4-11(10-14)5-7-12;3-1-2(4)5/h4-7,10H,3,8-9H2,1-2H3;1,3H2,(H,4,5). The molecule has 6 heteroatoms. The molecule has 0 radical (unpaired) electrons. The molecule has 6 nitrogen and oxygen atoms in total. The maximum absolute atomic E-state index is 10.4. The monoisotopic (exact) mass is 282 g/mol. The molecule has 0 unspecified atom stereocenters.